The van der Waals surface area contributed by atoms with Crippen LogP contribution < -0.4 is 11.1 Å². The van der Waals surface area contributed by atoms with Crippen molar-refractivity contribution < 1.29 is 4.79 Å². The van der Waals surface area contributed by atoms with Crippen molar-refractivity contribution >= 4 is 29.7 Å². The molecule has 24 heavy (non-hydrogen) atoms. The van der Waals surface area contributed by atoms with Crippen molar-refractivity contribution in [1.29, 1.82) is 0 Å². The number of aromatic nitrogens is 1. The molecule has 1 aromatic heterocycles. The average Bonchev–Trinajstić information content (AvgIpc) is 3.19. The number of thiazole rings is 1. The van der Waals surface area contributed by atoms with Gasteiger partial charge < -0.3 is 11.1 Å². The number of nitrogens with zero attached hydrogens (tertiary/aromatic N) is 1. The number of nitrogens with one attached hydrogen (secondary N) is 1. The molecule has 0 radical (unpaired) electrons. The van der Waals surface area contributed by atoms with Gasteiger partial charge in [0.15, 0.2) is 0 Å². The van der Waals surface area contributed by atoms with Crippen LogP contribution in [0, 0.1) is 5.92 Å². The van der Waals surface area contributed by atoms with Crippen molar-refractivity contribution in [1.82, 2.24) is 10.3 Å². The minimum absolute atomic E-state index is 0. The molecule has 2 unspecified atom stereocenters. The summed E-state index contributed by atoms with van der Waals surface area (Å²) in [4.78, 5) is 16.8. The maximum Gasteiger partial charge on any atom is 0.270 e. The Kier molecular flexibility index (Phi) is 7.21. The number of carbonyl (C=O) groups is 1. The molecule has 0 bridgehead atoms. The van der Waals surface area contributed by atoms with Crippen LogP contribution in [0.5, 0.6) is 0 Å². The van der Waals surface area contributed by atoms with E-state index in [1.807, 2.05) is 11.4 Å². The highest BCUT2D eigenvalue weighted by Crippen LogP contribution is 2.29. The molecule has 3 N–H and O–H groups in total. The molecule has 2 aromatic rings. The van der Waals surface area contributed by atoms with Crippen LogP contribution in [-0.4, -0.2) is 23.5 Å². The first kappa shape index (κ1) is 18.9. The summed E-state index contributed by atoms with van der Waals surface area (Å²) < 4.78 is 0. The smallest absolute Gasteiger partial charge is 0.270 e. The molecule has 1 heterocycles. The molecular formula is C18H24ClN3OS. The van der Waals surface area contributed by atoms with E-state index in [0.717, 1.165) is 24.3 Å². The number of carbonyl (C=O) groups excluding carboxylic acids is 1. The van der Waals surface area contributed by atoms with E-state index in [0.29, 0.717) is 18.2 Å². The Labute approximate surface area is 153 Å². The van der Waals surface area contributed by atoms with E-state index < -0.39 is 0 Å². The Morgan fingerprint density at radius 3 is 2.83 bits per heavy atom. The number of nitrogens with two attached hydrogens (primary N) is 1. The summed E-state index contributed by atoms with van der Waals surface area (Å²) in [5, 5.41) is 5.96. The van der Waals surface area contributed by atoms with Crippen molar-refractivity contribution in [2.75, 3.05) is 6.54 Å². The second-order valence-corrected chi connectivity index (χ2v) is 7.07. The lowest BCUT2D eigenvalue weighted by atomic mass is 9.94. The van der Waals surface area contributed by atoms with Gasteiger partial charge in [-0.1, -0.05) is 36.8 Å². The summed E-state index contributed by atoms with van der Waals surface area (Å²) in [6.45, 7) is 0.566. The lowest BCUT2D eigenvalue weighted by Crippen LogP contribution is -2.38. The summed E-state index contributed by atoms with van der Waals surface area (Å²) in [7, 11) is 0. The van der Waals surface area contributed by atoms with Gasteiger partial charge in [-0.15, -0.1) is 23.7 Å². The first-order chi connectivity index (χ1) is 11.3. The maximum absolute atomic E-state index is 12.4. The predicted molar refractivity (Wildman–Crippen MR) is 101 cm³/mol. The third-order valence-electron chi connectivity index (χ3n) is 4.46. The quantitative estimate of drug-likeness (QED) is 0.825. The van der Waals surface area contributed by atoms with Crippen LogP contribution >= 0.6 is 23.7 Å². The molecule has 0 spiro atoms. The summed E-state index contributed by atoms with van der Waals surface area (Å²) in [6, 6.07) is 10.8. The molecular weight excluding hydrogens is 342 g/mol. The van der Waals surface area contributed by atoms with Crippen LogP contribution in [0.1, 0.15) is 40.3 Å². The molecule has 1 fully saturated rings. The Balaban J connectivity index is 0.00000208. The van der Waals surface area contributed by atoms with Crippen LogP contribution in [0.3, 0.4) is 0 Å². The predicted octanol–water partition coefficient (Wildman–Crippen LogP) is 3.21. The van der Waals surface area contributed by atoms with E-state index in [1.165, 1.54) is 29.7 Å². The Morgan fingerprint density at radius 2 is 2.08 bits per heavy atom. The van der Waals surface area contributed by atoms with Gasteiger partial charge in [0, 0.05) is 17.8 Å². The van der Waals surface area contributed by atoms with E-state index in [4.69, 9.17) is 5.73 Å². The molecule has 4 nitrogen and oxygen atoms in total. The Bertz CT molecular complexity index is 647. The van der Waals surface area contributed by atoms with Gasteiger partial charge in [0.2, 0.25) is 0 Å². The molecule has 0 aliphatic heterocycles. The van der Waals surface area contributed by atoms with E-state index in [9.17, 15) is 4.79 Å². The normalized spacial score (nSPS) is 19.7. The molecule has 0 saturated heterocycles. The summed E-state index contributed by atoms with van der Waals surface area (Å²) in [5.41, 5.74) is 7.41. The fourth-order valence-electron chi connectivity index (χ4n) is 3.28. The molecule has 1 aromatic carbocycles. The number of hydrogen-bond donors (Lipinski definition) is 2. The minimum Gasteiger partial charge on any atom is -0.348 e. The minimum atomic E-state index is -0.0468. The highest BCUT2D eigenvalue weighted by Gasteiger charge is 2.29. The van der Waals surface area contributed by atoms with Gasteiger partial charge in [-0.2, -0.15) is 0 Å². The van der Waals surface area contributed by atoms with Gasteiger partial charge >= 0.3 is 0 Å². The van der Waals surface area contributed by atoms with Crippen LogP contribution in [0.15, 0.2) is 35.7 Å². The standard InChI is InChI=1S/C18H23N3OS.ClH/c19-10-9-17-20-16(12-23-17)18(22)21-15-8-4-7-14(15)11-13-5-2-1-3-6-13;/h1-3,5-6,12,14-15H,4,7-11,19H2,(H,21,22);1H. The van der Waals surface area contributed by atoms with Gasteiger partial charge in [-0.3, -0.25) is 4.79 Å². The second-order valence-electron chi connectivity index (χ2n) is 6.13. The number of rotatable bonds is 6. The topological polar surface area (TPSA) is 68.0 Å². The molecule has 130 valence electrons. The number of amides is 1. The average molecular weight is 366 g/mol. The van der Waals surface area contributed by atoms with Crippen molar-refractivity contribution in [3.05, 3.63) is 52.0 Å². The second kappa shape index (κ2) is 9.16. The largest absolute Gasteiger partial charge is 0.348 e. The van der Waals surface area contributed by atoms with Crippen LogP contribution in [-0.2, 0) is 12.8 Å². The molecule has 1 saturated carbocycles. The number of hydrogen-bond acceptors (Lipinski definition) is 4. The Hall–Kier alpha value is -1.43. The zero-order chi connectivity index (χ0) is 16.1. The van der Waals surface area contributed by atoms with E-state index >= 15 is 0 Å². The van der Waals surface area contributed by atoms with Gasteiger partial charge in [0.25, 0.3) is 5.91 Å². The van der Waals surface area contributed by atoms with Gasteiger partial charge in [-0.25, -0.2) is 4.98 Å². The SMILES string of the molecule is Cl.NCCc1nc(C(=O)NC2CCCC2Cc2ccccc2)cs1. The van der Waals surface area contributed by atoms with Crippen molar-refractivity contribution in [2.24, 2.45) is 11.7 Å². The molecule has 3 rings (SSSR count). The highest BCUT2D eigenvalue weighted by atomic mass is 35.5. The van der Waals surface area contributed by atoms with Crippen LogP contribution in [0.2, 0.25) is 0 Å². The molecule has 1 aliphatic rings. The zero-order valence-electron chi connectivity index (χ0n) is 13.6. The first-order valence-electron chi connectivity index (χ1n) is 8.25. The van der Waals surface area contributed by atoms with Gasteiger partial charge in [0.05, 0.1) is 5.01 Å². The monoisotopic (exact) mass is 365 g/mol. The number of benzene rings is 1. The van der Waals surface area contributed by atoms with Gasteiger partial charge in [0.1, 0.15) is 5.69 Å². The van der Waals surface area contributed by atoms with Crippen LogP contribution in [0.25, 0.3) is 0 Å². The van der Waals surface area contributed by atoms with E-state index in [2.05, 4.69) is 34.6 Å². The summed E-state index contributed by atoms with van der Waals surface area (Å²) in [6.07, 6.45) is 5.18. The highest BCUT2D eigenvalue weighted by molar-refractivity contribution is 7.09. The van der Waals surface area contributed by atoms with Crippen molar-refractivity contribution in [3.8, 4) is 0 Å². The number of halogens is 1. The third-order valence-corrected chi connectivity index (χ3v) is 5.37. The first-order valence-corrected chi connectivity index (χ1v) is 9.13. The lowest BCUT2D eigenvalue weighted by molar-refractivity contribution is 0.0923. The Morgan fingerprint density at radius 1 is 1.29 bits per heavy atom. The molecule has 6 heteroatoms. The zero-order valence-corrected chi connectivity index (χ0v) is 15.2. The maximum atomic E-state index is 12.4. The fourth-order valence-corrected chi connectivity index (χ4v) is 4.08. The third kappa shape index (κ3) is 4.79. The fraction of sp³-hybridized carbons (Fsp3) is 0.444. The van der Waals surface area contributed by atoms with E-state index in [1.54, 1.807) is 0 Å². The van der Waals surface area contributed by atoms with Gasteiger partial charge in [-0.05, 0) is 37.3 Å². The van der Waals surface area contributed by atoms with Crippen molar-refractivity contribution in [2.45, 2.75) is 38.1 Å². The molecule has 1 aliphatic carbocycles. The van der Waals surface area contributed by atoms with Crippen molar-refractivity contribution in [3.63, 3.8) is 0 Å². The molecule has 1 amide bonds. The van der Waals surface area contributed by atoms with Crippen LogP contribution in [0.4, 0.5) is 0 Å². The molecule has 2 atom stereocenters. The summed E-state index contributed by atoms with van der Waals surface area (Å²) >= 11 is 1.51. The lowest BCUT2D eigenvalue weighted by Gasteiger charge is -2.20. The van der Waals surface area contributed by atoms with E-state index in [-0.39, 0.29) is 24.4 Å². The summed E-state index contributed by atoms with van der Waals surface area (Å²) in [5.74, 6) is 0.470.